The van der Waals surface area contributed by atoms with Crippen molar-refractivity contribution < 1.29 is 13.9 Å². The maximum Gasteiger partial charge on any atom is 0.240 e. The van der Waals surface area contributed by atoms with Crippen LogP contribution in [0.5, 0.6) is 5.75 Å². The van der Waals surface area contributed by atoms with Gasteiger partial charge in [0.15, 0.2) is 0 Å². The smallest absolute Gasteiger partial charge is 0.240 e. The molecule has 2 rings (SSSR count). The Labute approximate surface area is 130 Å². The molecule has 0 radical (unpaired) electrons. The van der Waals surface area contributed by atoms with Crippen molar-refractivity contribution in [2.75, 3.05) is 13.2 Å². The van der Waals surface area contributed by atoms with Crippen LogP contribution in [0.25, 0.3) is 0 Å². The molecule has 4 nitrogen and oxygen atoms in total. The first-order chi connectivity index (χ1) is 10.7. The second-order valence-electron chi connectivity index (χ2n) is 5.67. The second kappa shape index (κ2) is 7.79. The van der Waals surface area contributed by atoms with Gasteiger partial charge in [0.2, 0.25) is 5.91 Å². The molecular formula is C17H21FN2O2. The zero-order valence-electron chi connectivity index (χ0n) is 12.6. The molecule has 0 atom stereocenters. The van der Waals surface area contributed by atoms with Gasteiger partial charge in [0.1, 0.15) is 17.0 Å². The van der Waals surface area contributed by atoms with E-state index >= 15 is 0 Å². The topological polar surface area (TPSA) is 62.1 Å². The number of rotatable bonds is 7. The predicted octanol–water partition coefficient (Wildman–Crippen LogP) is 3.18. The molecule has 1 aliphatic rings. The van der Waals surface area contributed by atoms with E-state index in [-0.39, 0.29) is 11.7 Å². The summed E-state index contributed by atoms with van der Waals surface area (Å²) in [6.07, 6.45) is 4.82. The quantitative estimate of drug-likeness (QED) is 0.787. The minimum absolute atomic E-state index is 0.132. The van der Waals surface area contributed by atoms with E-state index in [1.54, 1.807) is 12.1 Å². The zero-order valence-corrected chi connectivity index (χ0v) is 12.6. The molecule has 1 aromatic rings. The van der Waals surface area contributed by atoms with E-state index in [9.17, 15) is 14.4 Å². The Morgan fingerprint density at radius 3 is 2.59 bits per heavy atom. The summed E-state index contributed by atoms with van der Waals surface area (Å²) < 4.78 is 18.2. The van der Waals surface area contributed by atoms with Gasteiger partial charge in [0.05, 0.1) is 12.7 Å². The Hall–Kier alpha value is -2.09. The first kappa shape index (κ1) is 16.3. The van der Waals surface area contributed by atoms with Gasteiger partial charge in [0, 0.05) is 6.54 Å². The summed E-state index contributed by atoms with van der Waals surface area (Å²) in [4.78, 5) is 12.1. The fraction of sp³-hybridized carbons (Fsp3) is 0.529. The second-order valence-corrected chi connectivity index (χ2v) is 5.67. The Morgan fingerprint density at radius 1 is 1.27 bits per heavy atom. The molecule has 0 spiro atoms. The largest absolute Gasteiger partial charge is 0.494 e. The average Bonchev–Trinajstić information content (AvgIpc) is 3.02. The third kappa shape index (κ3) is 4.20. The molecule has 0 bridgehead atoms. The lowest BCUT2D eigenvalue weighted by Gasteiger charge is -2.19. The number of hydrogen-bond acceptors (Lipinski definition) is 3. The number of ether oxygens (including phenoxy) is 1. The molecule has 0 aromatic heterocycles. The van der Waals surface area contributed by atoms with Crippen molar-refractivity contribution in [1.82, 2.24) is 5.32 Å². The van der Waals surface area contributed by atoms with Crippen LogP contribution in [0.1, 0.15) is 38.5 Å². The minimum atomic E-state index is -0.801. The van der Waals surface area contributed by atoms with Gasteiger partial charge >= 0.3 is 0 Å². The third-order valence-electron chi connectivity index (χ3n) is 4.04. The maximum atomic E-state index is 12.7. The molecule has 1 amide bonds. The Balaban J connectivity index is 1.60. The highest BCUT2D eigenvalue weighted by Gasteiger charge is 2.41. The van der Waals surface area contributed by atoms with Gasteiger partial charge in [0.25, 0.3) is 0 Å². The van der Waals surface area contributed by atoms with Crippen LogP contribution in [0, 0.1) is 22.6 Å². The highest BCUT2D eigenvalue weighted by atomic mass is 19.1. The van der Waals surface area contributed by atoms with Crippen LogP contribution in [0.3, 0.4) is 0 Å². The minimum Gasteiger partial charge on any atom is -0.494 e. The fourth-order valence-corrected chi connectivity index (χ4v) is 2.69. The zero-order chi connectivity index (χ0) is 15.8. The van der Waals surface area contributed by atoms with Crippen LogP contribution in [0.2, 0.25) is 0 Å². The van der Waals surface area contributed by atoms with Gasteiger partial charge < -0.3 is 10.1 Å². The van der Waals surface area contributed by atoms with Crippen molar-refractivity contribution in [3.8, 4) is 11.8 Å². The molecule has 1 N–H and O–H groups in total. The summed E-state index contributed by atoms with van der Waals surface area (Å²) in [5, 5.41) is 12.1. The van der Waals surface area contributed by atoms with E-state index in [1.807, 2.05) is 0 Å². The van der Waals surface area contributed by atoms with Crippen LogP contribution in [0.15, 0.2) is 24.3 Å². The average molecular weight is 304 g/mol. The number of nitrogens with one attached hydrogen (secondary N) is 1. The van der Waals surface area contributed by atoms with E-state index in [4.69, 9.17) is 4.74 Å². The van der Waals surface area contributed by atoms with Crippen LogP contribution in [-0.4, -0.2) is 19.1 Å². The lowest BCUT2D eigenvalue weighted by molar-refractivity contribution is -0.127. The van der Waals surface area contributed by atoms with E-state index in [2.05, 4.69) is 11.4 Å². The van der Waals surface area contributed by atoms with Crippen LogP contribution >= 0.6 is 0 Å². The van der Waals surface area contributed by atoms with Gasteiger partial charge in [-0.3, -0.25) is 4.79 Å². The van der Waals surface area contributed by atoms with Gasteiger partial charge in [-0.2, -0.15) is 5.26 Å². The highest BCUT2D eigenvalue weighted by molar-refractivity contribution is 5.85. The molecule has 0 unspecified atom stereocenters. The summed E-state index contributed by atoms with van der Waals surface area (Å²) in [6.45, 7) is 1.07. The number of hydrogen-bond donors (Lipinski definition) is 1. The number of nitriles is 1. The van der Waals surface area contributed by atoms with E-state index in [0.29, 0.717) is 31.7 Å². The normalized spacial score (nSPS) is 16.0. The lowest BCUT2D eigenvalue weighted by atomic mass is 9.87. The summed E-state index contributed by atoms with van der Waals surface area (Å²) in [5.74, 6) is 0.222. The molecule has 1 saturated carbocycles. The Morgan fingerprint density at radius 2 is 1.95 bits per heavy atom. The van der Waals surface area contributed by atoms with Gasteiger partial charge in [-0.1, -0.05) is 12.8 Å². The molecule has 0 aliphatic heterocycles. The number of unbranched alkanes of at least 4 members (excludes halogenated alkanes) is 1. The number of carbonyl (C=O) groups excluding carboxylic acids is 1. The highest BCUT2D eigenvalue weighted by Crippen LogP contribution is 2.37. The summed E-state index contributed by atoms with van der Waals surface area (Å²) in [5.41, 5.74) is -0.801. The fourth-order valence-electron chi connectivity index (χ4n) is 2.69. The number of amides is 1. The molecule has 1 fully saturated rings. The van der Waals surface area contributed by atoms with Gasteiger partial charge in [-0.15, -0.1) is 0 Å². The number of nitrogens with zero attached hydrogens (tertiary/aromatic N) is 1. The Bertz CT molecular complexity index is 531. The first-order valence-corrected chi connectivity index (χ1v) is 7.74. The first-order valence-electron chi connectivity index (χ1n) is 7.74. The molecule has 5 heteroatoms. The van der Waals surface area contributed by atoms with Crippen LogP contribution in [-0.2, 0) is 4.79 Å². The molecule has 118 valence electrons. The molecule has 1 aliphatic carbocycles. The number of halogens is 1. The van der Waals surface area contributed by atoms with Crippen molar-refractivity contribution in [2.24, 2.45) is 5.41 Å². The molecule has 22 heavy (non-hydrogen) atoms. The summed E-state index contributed by atoms with van der Waals surface area (Å²) in [7, 11) is 0. The van der Waals surface area contributed by atoms with E-state index < -0.39 is 5.41 Å². The molecule has 0 saturated heterocycles. The maximum absolute atomic E-state index is 12.7. The third-order valence-corrected chi connectivity index (χ3v) is 4.04. The molecule has 1 aromatic carbocycles. The summed E-state index contributed by atoms with van der Waals surface area (Å²) in [6, 6.07) is 8.09. The van der Waals surface area contributed by atoms with Crippen molar-refractivity contribution >= 4 is 5.91 Å². The lowest BCUT2D eigenvalue weighted by Crippen LogP contribution is -2.38. The van der Waals surface area contributed by atoms with Crippen molar-refractivity contribution in [3.63, 3.8) is 0 Å². The standard InChI is InChI=1S/C17H21FN2O2/c18-14-5-7-15(8-6-14)22-12-4-3-11-20-16(21)17(13-19)9-1-2-10-17/h5-8H,1-4,9-12H2,(H,20,21). The van der Waals surface area contributed by atoms with E-state index in [1.165, 1.54) is 12.1 Å². The van der Waals surface area contributed by atoms with Gasteiger partial charge in [-0.05, 0) is 49.9 Å². The monoisotopic (exact) mass is 304 g/mol. The van der Waals surface area contributed by atoms with Gasteiger partial charge in [-0.25, -0.2) is 4.39 Å². The number of benzene rings is 1. The van der Waals surface area contributed by atoms with Crippen LogP contribution in [0.4, 0.5) is 4.39 Å². The molecule has 0 heterocycles. The SMILES string of the molecule is N#CC1(C(=O)NCCCCOc2ccc(F)cc2)CCCC1. The van der Waals surface area contributed by atoms with Crippen LogP contribution < -0.4 is 10.1 Å². The van der Waals surface area contributed by atoms with E-state index in [0.717, 1.165) is 25.7 Å². The summed E-state index contributed by atoms with van der Waals surface area (Å²) >= 11 is 0. The van der Waals surface area contributed by atoms with Crippen molar-refractivity contribution in [3.05, 3.63) is 30.1 Å². The number of carbonyl (C=O) groups is 1. The molecular weight excluding hydrogens is 283 g/mol. The Kier molecular flexibility index (Phi) is 5.76. The van der Waals surface area contributed by atoms with Crippen molar-refractivity contribution in [1.29, 1.82) is 5.26 Å². The predicted molar refractivity (Wildman–Crippen MR) is 80.7 cm³/mol. The van der Waals surface area contributed by atoms with Crippen molar-refractivity contribution in [2.45, 2.75) is 38.5 Å².